The van der Waals surface area contributed by atoms with Gasteiger partial charge >= 0.3 is 0 Å². The molecule has 1 heterocycles. The van der Waals surface area contributed by atoms with Crippen molar-refractivity contribution >= 4 is 5.91 Å². The van der Waals surface area contributed by atoms with Crippen LogP contribution in [0.25, 0.3) is 0 Å². The van der Waals surface area contributed by atoms with E-state index in [-0.39, 0.29) is 17.9 Å². The molecule has 1 rings (SSSR count). The highest BCUT2D eigenvalue weighted by Gasteiger charge is 2.15. The molecular weight excluding hydrogens is 214 g/mol. The van der Waals surface area contributed by atoms with Crippen molar-refractivity contribution in [1.29, 1.82) is 0 Å². The Morgan fingerprint density at radius 1 is 1.41 bits per heavy atom. The molecule has 0 aromatic carbocycles. The van der Waals surface area contributed by atoms with E-state index < -0.39 is 0 Å². The lowest BCUT2D eigenvalue weighted by Crippen LogP contribution is -2.36. The fourth-order valence-electron chi connectivity index (χ4n) is 1.52. The second-order valence-corrected chi connectivity index (χ2v) is 4.19. The van der Waals surface area contributed by atoms with Crippen LogP contribution < -0.4 is 10.6 Å². The predicted molar refractivity (Wildman–Crippen MR) is 68.5 cm³/mol. The lowest BCUT2D eigenvalue weighted by atomic mass is 10.1. The van der Waals surface area contributed by atoms with Gasteiger partial charge in [-0.25, -0.2) is 0 Å². The topological polar surface area (TPSA) is 54.0 Å². The first-order valence-corrected chi connectivity index (χ1v) is 6.07. The number of nitrogens with zero attached hydrogens (tertiary/aromatic N) is 1. The molecule has 2 N–H and O–H groups in total. The Kier molecular flexibility index (Phi) is 5.63. The summed E-state index contributed by atoms with van der Waals surface area (Å²) in [6, 6.07) is 5.66. The molecule has 1 aromatic heterocycles. The number of aromatic nitrogens is 1. The molecule has 0 aliphatic carbocycles. The summed E-state index contributed by atoms with van der Waals surface area (Å²) >= 11 is 0. The Labute approximate surface area is 103 Å². The van der Waals surface area contributed by atoms with Gasteiger partial charge < -0.3 is 10.6 Å². The van der Waals surface area contributed by atoms with Crippen molar-refractivity contribution in [2.75, 3.05) is 13.1 Å². The van der Waals surface area contributed by atoms with Crippen molar-refractivity contribution in [3.63, 3.8) is 0 Å². The highest BCUT2D eigenvalue weighted by atomic mass is 16.1. The molecule has 0 spiro atoms. The molecule has 1 amide bonds. The molecule has 0 aliphatic rings. The minimum atomic E-state index is -0.0484. The zero-order valence-electron chi connectivity index (χ0n) is 10.7. The van der Waals surface area contributed by atoms with Crippen LogP contribution >= 0.6 is 0 Å². The Bertz CT molecular complexity index is 340. The van der Waals surface area contributed by atoms with Gasteiger partial charge in [0, 0.05) is 18.7 Å². The van der Waals surface area contributed by atoms with Crippen LogP contribution in [0.4, 0.5) is 0 Å². The summed E-state index contributed by atoms with van der Waals surface area (Å²) in [6.45, 7) is 7.48. The van der Waals surface area contributed by atoms with Crippen LogP contribution in [-0.2, 0) is 4.79 Å². The molecule has 1 unspecified atom stereocenters. The largest absolute Gasteiger partial charge is 0.348 e. The molecule has 0 fully saturated rings. The van der Waals surface area contributed by atoms with E-state index in [1.54, 1.807) is 6.20 Å². The van der Waals surface area contributed by atoms with E-state index in [0.717, 1.165) is 12.2 Å². The maximum absolute atomic E-state index is 11.9. The van der Waals surface area contributed by atoms with Gasteiger partial charge in [-0.2, -0.15) is 0 Å². The maximum Gasteiger partial charge on any atom is 0.224 e. The van der Waals surface area contributed by atoms with E-state index in [9.17, 15) is 4.79 Å². The van der Waals surface area contributed by atoms with Crippen molar-refractivity contribution in [3.05, 3.63) is 30.1 Å². The maximum atomic E-state index is 11.9. The molecular formula is C13H21N3O. The third-order valence-corrected chi connectivity index (χ3v) is 2.64. The van der Waals surface area contributed by atoms with Crippen molar-refractivity contribution in [3.8, 4) is 0 Å². The number of pyridine rings is 1. The number of carbonyl (C=O) groups excluding carboxylic acids is 1. The first-order valence-electron chi connectivity index (χ1n) is 6.07. The summed E-state index contributed by atoms with van der Waals surface area (Å²) in [4.78, 5) is 16.1. The van der Waals surface area contributed by atoms with E-state index in [4.69, 9.17) is 0 Å². The summed E-state index contributed by atoms with van der Waals surface area (Å²) < 4.78 is 0. The Morgan fingerprint density at radius 2 is 2.18 bits per heavy atom. The van der Waals surface area contributed by atoms with Gasteiger partial charge in [-0.1, -0.05) is 19.9 Å². The van der Waals surface area contributed by atoms with Gasteiger partial charge in [0.2, 0.25) is 5.91 Å². The summed E-state index contributed by atoms with van der Waals surface area (Å²) in [7, 11) is 0. The van der Waals surface area contributed by atoms with E-state index in [1.165, 1.54) is 0 Å². The summed E-state index contributed by atoms with van der Waals surface area (Å²) in [5.74, 6) is 0.0326. The average Bonchev–Trinajstić information content (AvgIpc) is 2.36. The lowest BCUT2D eigenvalue weighted by molar-refractivity contribution is -0.125. The Balaban J connectivity index is 2.46. The zero-order valence-corrected chi connectivity index (χ0v) is 10.7. The fourth-order valence-corrected chi connectivity index (χ4v) is 1.52. The zero-order chi connectivity index (χ0) is 12.7. The lowest BCUT2D eigenvalue weighted by Gasteiger charge is -2.17. The summed E-state index contributed by atoms with van der Waals surface area (Å²) in [5, 5.41) is 6.13. The van der Waals surface area contributed by atoms with Crippen molar-refractivity contribution < 1.29 is 4.79 Å². The van der Waals surface area contributed by atoms with Gasteiger partial charge in [0.05, 0.1) is 11.7 Å². The number of amides is 1. The number of hydrogen-bond donors (Lipinski definition) is 2. The number of carbonyl (C=O) groups is 1. The second kappa shape index (κ2) is 7.01. The van der Waals surface area contributed by atoms with Crippen molar-refractivity contribution in [1.82, 2.24) is 15.6 Å². The van der Waals surface area contributed by atoms with Crippen LogP contribution in [-0.4, -0.2) is 24.0 Å². The second-order valence-electron chi connectivity index (χ2n) is 4.19. The predicted octanol–water partition coefficient (Wildman–Crippen LogP) is 1.50. The smallest absolute Gasteiger partial charge is 0.224 e. The van der Waals surface area contributed by atoms with Crippen LogP contribution in [0.15, 0.2) is 24.4 Å². The third kappa shape index (κ3) is 4.53. The van der Waals surface area contributed by atoms with Gasteiger partial charge in [-0.05, 0) is 25.6 Å². The summed E-state index contributed by atoms with van der Waals surface area (Å²) in [5.41, 5.74) is 0.886. The molecule has 0 saturated carbocycles. The van der Waals surface area contributed by atoms with Gasteiger partial charge in [-0.3, -0.25) is 9.78 Å². The molecule has 0 bridgehead atoms. The molecule has 4 nitrogen and oxygen atoms in total. The highest BCUT2D eigenvalue weighted by Crippen LogP contribution is 2.08. The Hall–Kier alpha value is -1.42. The van der Waals surface area contributed by atoms with Crippen molar-refractivity contribution in [2.45, 2.75) is 26.8 Å². The number of rotatable bonds is 6. The van der Waals surface area contributed by atoms with Crippen LogP contribution in [0.1, 0.15) is 32.5 Å². The van der Waals surface area contributed by atoms with Gasteiger partial charge in [0.15, 0.2) is 0 Å². The SMILES string of the molecule is CCNCC(C)C(=O)N[C@H](C)c1ccccn1. The molecule has 0 aliphatic heterocycles. The van der Waals surface area contributed by atoms with Crippen LogP contribution in [0.3, 0.4) is 0 Å². The molecule has 0 saturated heterocycles. The van der Waals surface area contributed by atoms with Crippen LogP contribution in [0.5, 0.6) is 0 Å². The standard InChI is InChI=1S/C13H21N3O/c1-4-14-9-10(2)13(17)16-11(3)12-7-5-6-8-15-12/h5-8,10-11,14H,4,9H2,1-3H3,(H,16,17)/t10?,11-/m1/s1. The highest BCUT2D eigenvalue weighted by molar-refractivity contribution is 5.78. The first kappa shape index (κ1) is 13.6. The normalized spacial score (nSPS) is 14.1. The quantitative estimate of drug-likeness (QED) is 0.785. The van der Waals surface area contributed by atoms with Crippen LogP contribution in [0.2, 0.25) is 0 Å². The van der Waals surface area contributed by atoms with E-state index in [1.807, 2.05) is 39.0 Å². The molecule has 17 heavy (non-hydrogen) atoms. The van der Waals surface area contributed by atoms with E-state index in [0.29, 0.717) is 6.54 Å². The third-order valence-electron chi connectivity index (χ3n) is 2.64. The number of hydrogen-bond acceptors (Lipinski definition) is 3. The molecule has 1 aromatic rings. The minimum absolute atomic E-state index is 0.0267. The molecule has 2 atom stereocenters. The van der Waals surface area contributed by atoms with Gasteiger partial charge in [0.25, 0.3) is 0 Å². The average molecular weight is 235 g/mol. The Morgan fingerprint density at radius 3 is 2.76 bits per heavy atom. The molecule has 4 heteroatoms. The fraction of sp³-hybridized carbons (Fsp3) is 0.538. The van der Waals surface area contributed by atoms with E-state index >= 15 is 0 Å². The van der Waals surface area contributed by atoms with E-state index in [2.05, 4.69) is 15.6 Å². The summed E-state index contributed by atoms with van der Waals surface area (Å²) in [6.07, 6.45) is 1.74. The monoisotopic (exact) mass is 235 g/mol. The van der Waals surface area contributed by atoms with Gasteiger partial charge in [-0.15, -0.1) is 0 Å². The van der Waals surface area contributed by atoms with Crippen molar-refractivity contribution in [2.24, 2.45) is 5.92 Å². The molecule has 94 valence electrons. The molecule has 0 radical (unpaired) electrons. The minimum Gasteiger partial charge on any atom is -0.348 e. The number of nitrogens with one attached hydrogen (secondary N) is 2. The first-order chi connectivity index (χ1) is 8.15. The van der Waals surface area contributed by atoms with Crippen LogP contribution in [0, 0.1) is 5.92 Å². The van der Waals surface area contributed by atoms with Gasteiger partial charge in [0.1, 0.15) is 0 Å².